The van der Waals surface area contributed by atoms with Crippen molar-refractivity contribution in [2.24, 2.45) is 0 Å². The summed E-state index contributed by atoms with van der Waals surface area (Å²) in [6, 6.07) is 5.49. The van der Waals surface area contributed by atoms with Crippen LogP contribution in [-0.2, 0) is 16.1 Å². The molecule has 1 amide bonds. The van der Waals surface area contributed by atoms with Gasteiger partial charge in [0, 0.05) is 19.3 Å². The fraction of sp³-hybridized carbons (Fsp3) is 0.571. The first-order chi connectivity index (χ1) is 9.22. The maximum Gasteiger partial charge on any atom is 0.242 e. The van der Waals surface area contributed by atoms with E-state index in [1.54, 1.807) is 6.20 Å². The summed E-state index contributed by atoms with van der Waals surface area (Å²) in [4.78, 5) is 18.6. The lowest BCUT2D eigenvalue weighted by Crippen LogP contribution is -2.56. The number of morpholine rings is 1. The third-order valence-corrected chi connectivity index (χ3v) is 3.35. The molecule has 19 heavy (non-hydrogen) atoms. The summed E-state index contributed by atoms with van der Waals surface area (Å²) in [7, 11) is 0. The molecule has 104 valence electrons. The van der Waals surface area contributed by atoms with Crippen molar-refractivity contribution in [3.8, 4) is 0 Å². The molecule has 0 saturated carbocycles. The Kier molecular flexibility index (Phi) is 4.87. The van der Waals surface area contributed by atoms with Crippen LogP contribution in [0, 0.1) is 0 Å². The highest BCUT2D eigenvalue weighted by Gasteiger charge is 2.31. The second kappa shape index (κ2) is 6.63. The number of nitrogens with one attached hydrogen (secondary N) is 1. The summed E-state index contributed by atoms with van der Waals surface area (Å²) in [6.07, 6.45) is 1.66. The van der Waals surface area contributed by atoms with Crippen LogP contribution in [0.1, 0.15) is 19.5 Å². The minimum atomic E-state index is -0.252. The third kappa shape index (κ3) is 3.52. The van der Waals surface area contributed by atoms with Crippen molar-refractivity contribution in [1.29, 1.82) is 0 Å². The molecule has 1 N–H and O–H groups in total. The first-order valence-corrected chi connectivity index (χ1v) is 6.76. The Labute approximate surface area is 114 Å². The summed E-state index contributed by atoms with van der Waals surface area (Å²) < 4.78 is 5.53. The number of nitrogens with zero attached hydrogens (tertiary/aromatic N) is 2. The Morgan fingerprint density at radius 2 is 2.42 bits per heavy atom. The number of ether oxygens (including phenoxy) is 1. The lowest BCUT2D eigenvalue weighted by atomic mass is 10.1. The van der Waals surface area contributed by atoms with Crippen molar-refractivity contribution in [1.82, 2.24) is 15.2 Å². The van der Waals surface area contributed by atoms with E-state index in [1.807, 2.05) is 36.9 Å². The standard InChI is InChI=1S/C14H21N3O2/c1-3-17(10-12-6-4-5-7-15-12)14(18)13-11(2)19-9-8-16-13/h4-7,11,13,16H,3,8-10H2,1-2H3/t11-,13+/m1/s1. The Morgan fingerprint density at radius 3 is 3.05 bits per heavy atom. The van der Waals surface area contributed by atoms with Crippen molar-refractivity contribution in [3.05, 3.63) is 30.1 Å². The highest BCUT2D eigenvalue weighted by molar-refractivity contribution is 5.82. The number of hydrogen-bond acceptors (Lipinski definition) is 4. The molecule has 5 nitrogen and oxygen atoms in total. The molecule has 0 aliphatic carbocycles. The van der Waals surface area contributed by atoms with Crippen molar-refractivity contribution >= 4 is 5.91 Å². The first-order valence-electron chi connectivity index (χ1n) is 6.76. The summed E-state index contributed by atoms with van der Waals surface area (Å²) in [6.45, 7) is 6.51. The molecule has 1 aromatic rings. The van der Waals surface area contributed by atoms with E-state index in [4.69, 9.17) is 4.74 Å². The molecule has 0 bridgehead atoms. The average Bonchev–Trinajstić information content (AvgIpc) is 2.46. The van der Waals surface area contributed by atoms with Gasteiger partial charge in [-0.3, -0.25) is 9.78 Å². The number of carbonyl (C=O) groups excluding carboxylic acids is 1. The van der Waals surface area contributed by atoms with Gasteiger partial charge < -0.3 is 15.0 Å². The molecule has 2 heterocycles. The molecule has 2 rings (SSSR count). The maximum absolute atomic E-state index is 12.5. The van der Waals surface area contributed by atoms with Crippen LogP contribution in [0.3, 0.4) is 0 Å². The highest BCUT2D eigenvalue weighted by Crippen LogP contribution is 2.10. The van der Waals surface area contributed by atoms with Crippen LogP contribution >= 0.6 is 0 Å². The molecule has 1 aliphatic rings. The molecule has 0 unspecified atom stereocenters. The predicted octanol–water partition coefficient (Wildman–Crippen LogP) is 0.807. The molecule has 0 radical (unpaired) electrons. The van der Waals surface area contributed by atoms with E-state index >= 15 is 0 Å². The molecular formula is C14H21N3O2. The fourth-order valence-electron chi connectivity index (χ4n) is 2.24. The highest BCUT2D eigenvalue weighted by atomic mass is 16.5. The molecule has 1 aliphatic heterocycles. The van der Waals surface area contributed by atoms with E-state index in [9.17, 15) is 4.79 Å². The van der Waals surface area contributed by atoms with E-state index in [0.717, 1.165) is 12.2 Å². The van der Waals surface area contributed by atoms with Gasteiger partial charge in [-0.25, -0.2) is 0 Å². The van der Waals surface area contributed by atoms with Gasteiger partial charge in [0.05, 0.1) is 24.9 Å². The Balaban J connectivity index is 2.02. The van der Waals surface area contributed by atoms with Gasteiger partial charge in [-0.05, 0) is 26.0 Å². The van der Waals surface area contributed by atoms with Crippen LogP contribution in [0.4, 0.5) is 0 Å². The molecule has 5 heteroatoms. The lowest BCUT2D eigenvalue weighted by molar-refractivity contribution is -0.140. The number of aromatic nitrogens is 1. The van der Waals surface area contributed by atoms with Gasteiger partial charge in [0.15, 0.2) is 0 Å². The van der Waals surface area contributed by atoms with Gasteiger partial charge in [-0.1, -0.05) is 6.07 Å². The van der Waals surface area contributed by atoms with Crippen LogP contribution < -0.4 is 5.32 Å². The Morgan fingerprint density at radius 1 is 1.58 bits per heavy atom. The summed E-state index contributed by atoms with van der Waals surface area (Å²) in [5, 5.41) is 3.23. The monoisotopic (exact) mass is 263 g/mol. The van der Waals surface area contributed by atoms with Crippen molar-refractivity contribution in [3.63, 3.8) is 0 Å². The van der Waals surface area contributed by atoms with Gasteiger partial charge >= 0.3 is 0 Å². The maximum atomic E-state index is 12.5. The van der Waals surface area contributed by atoms with E-state index in [0.29, 0.717) is 19.7 Å². The lowest BCUT2D eigenvalue weighted by Gasteiger charge is -2.33. The van der Waals surface area contributed by atoms with Crippen LogP contribution in [0.15, 0.2) is 24.4 Å². The normalized spacial score (nSPS) is 23.1. The van der Waals surface area contributed by atoms with E-state index in [1.165, 1.54) is 0 Å². The smallest absolute Gasteiger partial charge is 0.242 e. The van der Waals surface area contributed by atoms with Crippen molar-refractivity contribution < 1.29 is 9.53 Å². The number of amides is 1. The molecule has 2 atom stereocenters. The Bertz CT molecular complexity index is 410. The minimum absolute atomic E-state index is 0.0837. The zero-order valence-electron chi connectivity index (χ0n) is 11.5. The number of likely N-dealkylation sites (N-methyl/N-ethyl adjacent to an activating group) is 1. The first kappa shape index (κ1) is 14.0. The van der Waals surface area contributed by atoms with Gasteiger partial charge in [-0.15, -0.1) is 0 Å². The van der Waals surface area contributed by atoms with Gasteiger partial charge in [0.2, 0.25) is 5.91 Å². The average molecular weight is 263 g/mol. The van der Waals surface area contributed by atoms with Gasteiger partial charge in [0.1, 0.15) is 6.04 Å². The zero-order valence-corrected chi connectivity index (χ0v) is 11.5. The van der Waals surface area contributed by atoms with Crippen molar-refractivity contribution in [2.45, 2.75) is 32.5 Å². The second-order valence-electron chi connectivity index (χ2n) is 4.68. The van der Waals surface area contributed by atoms with Crippen LogP contribution in [-0.4, -0.2) is 47.6 Å². The summed E-state index contributed by atoms with van der Waals surface area (Å²) >= 11 is 0. The molecule has 1 aromatic heterocycles. The topological polar surface area (TPSA) is 54.5 Å². The predicted molar refractivity (Wildman–Crippen MR) is 72.5 cm³/mol. The molecule has 1 saturated heterocycles. The SMILES string of the molecule is CCN(Cc1ccccn1)C(=O)[C@H]1NCCO[C@@H]1C. The fourth-order valence-corrected chi connectivity index (χ4v) is 2.24. The van der Waals surface area contributed by atoms with Crippen LogP contribution in [0.5, 0.6) is 0 Å². The quantitative estimate of drug-likeness (QED) is 0.873. The Hall–Kier alpha value is -1.46. The molecular weight excluding hydrogens is 242 g/mol. The summed E-state index contributed by atoms with van der Waals surface area (Å²) in [5.74, 6) is 0.0837. The van der Waals surface area contributed by atoms with Crippen molar-refractivity contribution in [2.75, 3.05) is 19.7 Å². The number of hydrogen-bond donors (Lipinski definition) is 1. The number of pyridine rings is 1. The van der Waals surface area contributed by atoms with Crippen LogP contribution in [0.2, 0.25) is 0 Å². The number of carbonyl (C=O) groups is 1. The van der Waals surface area contributed by atoms with Gasteiger partial charge in [0.25, 0.3) is 0 Å². The summed E-state index contributed by atoms with van der Waals surface area (Å²) in [5.41, 5.74) is 0.905. The second-order valence-corrected chi connectivity index (χ2v) is 4.68. The molecule has 0 aromatic carbocycles. The third-order valence-electron chi connectivity index (χ3n) is 3.35. The molecule has 1 fully saturated rings. The van der Waals surface area contributed by atoms with Crippen LogP contribution in [0.25, 0.3) is 0 Å². The van der Waals surface area contributed by atoms with E-state index in [-0.39, 0.29) is 18.1 Å². The minimum Gasteiger partial charge on any atom is -0.375 e. The van der Waals surface area contributed by atoms with E-state index < -0.39 is 0 Å². The molecule has 0 spiro atoms. The van der Waals surface area contributed by atoms with Gasteiger partial charge in [-0.2, -0.15) is 0 Å². The zero-order chi connectivity index (χ0) is 13.7. The van der Waals surface area contributed by atoms with E-state index in [2.05, 4.69) is 10.3 Å². The largest absolute Gasteiger partial charge is 0.375 e. The number of rotatable bonds is 4.